The van der Waals surface area contributed by atoms with Crippen molar-refractivity contribution in [3.05, 3.63) is 23.7 Å². The van der Waals surface area contributed by atoms with Crippen LogP contribution in [0.4, 0.5) is 0 Å². The van der Waals surface area contributed by atoms with E-state index in [0.717, 1.165) is 12.7 Å². The number of carboxylic acid groups (broad SMARTS) is 1. The van der Waals surface area contributed by atoms with Crippen LogP contribution in [-0.2, 0) is 16.1 Å². The van der Waals surface area contributed by atoms with Crippen molar-refractivity contribution in [1.82, 2.24) is 9.80 Å². The van der Waals surface area contributed by atoms with E-state index in [1.54, 1.807) is 0 Å². The fourth-order valence-electron chi connectivity index (χ4n) is 2.11. The van der Waals surface area contributed by atoms with Crippen molar-refractivity contribution >= 4 is 17.8 Å². The summed E-state index contributed by atoms with van der Waals surface area (Å²) in [6.45, 7) is 3.54. The average Bonchev–Trinajstić information content (AvgIpc) is 2.87. The molecule has 0 aliphatic carbocycles. The summed E-state index contributed by atoms with van der Waals surface area (Å²) in [5, 5.41) is 8.79. The number of carbonyl (C=O) groups is 3. The Bertz CT molecular complexity index is 537. The summed E-state index contributed by atoms with van der Waals surface area (Å²) in [5.74, 6) is -1.82. The Hall–Kier alpha value is -2.31. The van der Waals surface area contributed by atoms with E-state index in [4.69, 9.17) is 9.52 Å². The van der Waals surface area contributed by atoms with Crippen LogP contribution in [0.5, 0.6) is 0 Å². The molecule has 2 rings (SSSR count). The van der Waals surface area contributed by atoms with Crippen molar-refractivity contribution in [2.45, 2.75) is 19.9 Å². The average molecular weight is 280 g/mol. The number of rotatable bonds is 5. The third-order valence-electron chi connectivity index (χ3n) is 3.14. The third-order valence-corrected chi connectivity index (χ3v) is 3.14. The monoisotopic (exact) mass is 280 g/mol. The zero-order valence-corrected chi connectivity index (χ0v) is 11.2. The Morgan fingerprint density at radius 3 is 2.55 bits per heavy atom. The van der Waals surface area contributed by atoms with E-state index in [2.05, 4.69) is 0 Å². The second-order valence-corrected chi connectivity index (χ2v) is 4.63. The standard InChI is InChI=1S/C13H16N2O5/c1-2-3-14-4-5-15(12(17)11(14)16)7-10-6-9(8-20-10)13(18)19/h6,8H,2-5,7H2,1H3,(H,18,19). The van der Waals surface area contributed by atoms with Gasteiger partial charge in [-0.25, -0.2) is 4.79 Å². The second kappa shape index (κ2) is 5.77. The fraction of sp³-hybridized carbons (Fsp3) is 0.462. The fourth-order valence-corrected chi connectivity index (χ4v) is 2.11. The van der Waals surface area contributed by atoms with E-state index >= 15 is 0 Å². The highest BCUT2D eigenvalue weighted by Crippen LogP contribution is 2.14. The molecule has 1 fully saturated rings. The molecule has 7 nitrogen and oxygen atoms in total. The lowest BCUT2D eigenvalue weighted by Gasteiger charge is -2.33. The van der Waals surface area contributed by atoms with Crippen molar-refractivity contribution in [2.24, 2.45) is 0 Å². The van der Waals surface area contributed by atoms with E-state index in [1.165, 1.54) is 15.9 Å². The molecule has 0 spiro atoms. The molecule has 20 heavy (non-hydrogen) atoms. The highest BCUT2D eigenvalue weighted by Gasteiger charge is 2.32. The number of furan rings is 1. The van der Waals surface area contributed by atoms with Crippen LogP contribution in [0.3, 0.4) is 0 Å². The zero-order chi connectivity index (χ0) is 14.7. The van der Waals surface area contributed by atoms with Gasteiger partial charge in [-0.15, -0.1) is 0 Å². The molecule has 1 aliphatic rings. The zero-order valence-electron chi connectivity index (χ0n) is 11.2. The van der Waals surface area contributed by atoms with Crippen molar-refractivity contribution in [3.63, 3.8) is 0 Å². The lowest BCUT2D eigenvalue weighted by molar-refractivity contribution is -0.156. The molecule has 1 aromatic heterocycles. The van der Waals surface area contributed by atoms with Gasteiger partial charge in [0, 0.05) is 19.6 Å². The SMILES string of the molecule is CCCN1CCN(Cc2cc(C(=O)O)co2)C(=O)C1=O. The van der Waals surface area contributed by atoms with Crippen LogP contribution in [-0.4, -0.2) is 52.3 Å². The summed E-state index contributed by atoms with van der Waals surface area (Å²) in [7, 11) is 0. The maximum absolute atomic E-state index is 11.9. The van der Waals surface area contributed by atoms with Gasteiger partial charge in [-0.1, -0.05) is 6.92 Å². The summed E-state index contributed by atoms with van der Waals surface area (Å²) in [6.07, 6.45) is 1.93. The predicted octanol–water partition coefficient (Wildman–Crippen LogP) is 0.559. The van der Waals surface area contributed by atoms with Crippen LogP contribution in [0.1, 0.15) is 29.5 Å². The first-order valence-electron chi connectivity index (χ1n) is 6.41. The number of hydrogen-bond donors (Lipinski definition) is 1. The number of aromatic carboxylic acids is 1. The van der Waals surface area contributed by atoms with Gasteiger partial charge in [0.25, 0.3) is 0 Å². The van der Waals surface area contributed by atoms with E-state index in [9.17, 15) is 14.4 Å². The molecule has 0 aromatic carbocycles. The van der Waals surface area contributed by atoms with Gasteiger partial charge in [-0.05, 0) is 12.5 Å². The molecule has 0 radical (unpaired) electrons. The number of nitrogens with zero attached hydrogens (tertiary/aromatic N) is 2. The molecular formula is C13H16N2O5. The lowest BCUT2D eigenvalue weighted by atomic mass is 10.2. The van der Waals surface area contributed by atoms with Gasteiger partial charge in [-0.2, -0.15) is 0 Å². The summed E-state index contributed by atoms with van der Waals surface area (Å²) in [4.78, 5) is 37.4. The molecule has 2 amide bonds. The smallest absolute Gasteiger partial charge is 0.338 e. The number of hydrogen-bond acceptors (Lipinski definition) is 4. The van der Waals surface area contributed by atoms with Crippen molar-refractivity contribution in [1.29, 1.82) is 0 Å². The second-order valence-electron chi connectivity index (χ2n) is 4.63. The minimum Gasteiger partial charge on any atom is -0.478 e. The highest BCUT2D eigenvalue weighted by atomic mass is 16.4. The Balaban J connectivity index is 2.01. The Labute approximate surface area is 115 Å². The molecule has 0 unspecified atom stereocenters. The molecule has 0 saturated carbocycles. The number of piperazine rings is 1. The number of carboxylic acids is 1. The van der Waals surface area contributed by atoms with Gasteiger partial charge in [0.05, 0.1) is 12.1 Å². The van der Waals surface area contributed by atoms with Gasteiger partial charge in [0.2, 0.25) is 0 Å². The minimum absolute atomic E-state index is 0.0309. The van der Waals surface area contributed by atoms with E-state index in [-0.39, 0.29) is 12.1 Å². The molecular weight excluding hydrogens is 264 g/mol. The molecule has 1 aromatic rings. The number of amides is 2. The molecule has 1 saturated heterocycles. The molecule has 2 heterocycles. The normalized spacial score (nSPS) is 15.8. The van der Waals surface area contributed by atoms with Gasteiger partial charge < -0.3 is 19.3 Å². The summed E-state index contributed by atoms with van der Waals surface area (Å²) < 4.78 is 5.09. The Morgan fingerprint density at radius 1 is 1.30 bits per heavy atom. The van der Waals surface area contributed by atoms with E-state index in [1.807, 2.05) is 6.92 Å². The lowest BCUT2D eigenvalue weighted by Crippen LogP contribution is -2.53. The maximum Gasteiger partial charge on any atom is 0.338 e. The highest BCUT2D eigenvalue weighted by molar-refractivity contribution is 6.35. The van der Waals surface area contributed by atoms with Crippen molar-refractivity contribution < 1.29 is 23.9 Å². The largest absolute Gasteiger partial charge is 0.478 e. The quantitative estimate of drug-likeness (QED) is 0.796. The van der Waals surface area contributed by atoms with Crippen LogP contribution < -0.4 is 0 Å². The minimum atomic E-state index is -1.09. The number of carbonyl (C=O) groups excluding carboxylic acids is 2. The Kier molecular flexibility index (Phi) is 4.07. The third kappa shape index (κ3) is 2.81. The maximum atomic E-state index is 11.9. The van der Waals surface area contributed by atoms with Crippen LogP contribution in [0.15, 0.2) is 16.7 Å². The summed E-state index contributed by atoms with van der Waals surface area (Å²) in [5.41, 5.74) is 0.0309. The molecule has 1 N–H and O–H groups in total. The van der Waals surface area contributed by atoms with E-state index < -0.39 is 17.8 Å². The summed E-state index contributed by atoms with van der Waals surface area (Å²) >= 11 is 0. The molecule has 1 aliphatic heterocycles. The van der Waals surface area contributed by atoms with Crippen molar-refractivity contribution in [3.8, 4) is 0 Å². The first kappa shape index (κ1) is 14.1. The topological polar surface area (TPSA) is 91.1 Å². The van der Waals surface area contributed by atoms with Gasteiger partial charge in [0.1, 0.15) is 12.0 Å². The van der Waals surface area contributed by atoms with Crippen LogP contribution in [0.25, 0.3) is 0 Å². The van der Waals surface area contributed by atoms with Gasteiger partial charge in [-0.3, -0.25) is 9.59 Å². The Morgan fingerprint density at radius 2 is 1.95 bits per heavy atom. The summed E-state index contributed by atoms with van der Waals surface area (Å²) in [6, 6.07) is 1.36. The first-order valence-corrected chi connectivity index (χ1v) is 6.41. The predicted molar refractivity (Wildman–Crippen MR) is 68.0 cm³/mol. The van der Waals surface area contributed by atoms with Crippen LogP contribution in [0, 0.1) is 0 Å². The van der Waals surface area contributed by atoms with Crippen molar-refractivity contribution in [2.75, 3.05) is 19.6 Å². The molecule has 7 heteroatoms. The van der Waals surface area contributed by atoms with Crippen LogP contribution in [0.2, 0.25) is 0 Å². The molecule has 0 atom stereocenters. The van der Waals surface area contributed by atoms with Crippen LogP contribution >= 0.6 is 0 Å². The first-order chi connectivity index (χ1) is 9.52. The van der Waals surface area contributed by atoms with Gasteiger partial charge in [0.15, 0.2) is 0 Å². The van der Waals surface area contributed by atoms with Gasteiger partial charge >= 0.3 is 17.8 Å². The molecule has 0 bridgehead atoms. The van der Waals surface area contributed by atoms with E-state index in [0.29, 0.717) is 25.4 Å². The molecule has 108 valence electrons.